The smallest absolute Gasteiger partial charge is 0.255 e. The van der Waals surface area contributed by atoms with E-state index in [4.69, 9.17) is 0 Å². The van der Waals surface area contributed by atoms with Gasteiger partial charge in [0.05, 0.1) is 15.7 Å². The number of halogens is 2. The van der Waals surface area contributed by atoms with Crippen LogP contribution in [0.15, 0.2) is 47.4 Å². The molecule has 160 valence electrons. The topological polar surface area (TPSA) is 74.8 Å². The molecule has 2 amide bonds. The SMILES string of the molecule is CC(C)S(=O)(=O)c1ccccc1C(=O)N1CCN(C(=O)c2ccc(F)c(F)c2)CC1. The zero-order valence-corrected chi connectivity index (χ0v) is 17.5. The van der Waals surface area contributed by atoms with Gasteiger partial charge < -0.3 is 9.80 Å². The second-order valence-electron chi connectivity index (χ2n) is 7.30. The van der Waals surface area contributed by atoms with Gasteiger partial charge in [0.2, 0.25) is 0 Å². The van der Waals surface area contributed by atoms with Crippen LogP contribution in [-0.4, -0.2) is 61.5 Å². The predicted octanol–water partition coefficient (Wildman–Crippen LogP) is 2.75. The van der Waals surface area contributed by atoms with Gasteiger partial charge >= 0.3 is 0 Å². The molecule has 0 radical (unpaired) electrons. The van der Waals surface area contributed by atoms with Gasteiger partial charge in [0.1, 0.15) is 0 Å². The van der Waals surface area contributed by atoms with E-state index in [9.17, 15) is 26.8 Å². The van der Waals surface area contributed by atoms with Gasteiger partial charge in [0.15, 0.2) is 21.5 Å². The third-order valence-electron chi connectivity index (χ3n) is 5.07. The number of hydrogen-bond donors (Lipinski definition) is 0. The molecule has 0 saturated carbocycles. The number of benzene rings is 2. The first-order valence-corrected chi connectivity index (χ1v) is 11.0. The molecule has 0 spiro atoms. The highest BCUT2D eigenvalue weighted by Crippen LogP contribution is 2.23. The van der Waals surface area contributed by atoms with Gasteiger partial charge in [-0.15, -0.1) is 0 Å². The molecule has 1 heterocycles. The normalized spacial score (nSPS) is 14.8. The van der Waals surface area contributed by atoms with E-state index in [0.717, 1.165) is 12.1 Å². The molecule has 6 nitrogen and oxygen atoms in total. The zero-order chi connectivity index (χ0) is 22.1. The number of sulfone groups is 1. The van der Waals surface area contributed by atoms with Crippen LogP contribution in [0.4, 0.5) is 8.78 Å². The van der Waals surface area contributed by atoms with Crippen LogP contribution in [0.1, 0.15) is 34.6 Å². The van der Waals surface area contributed by atoms with Crippen LogP contribution in [0, 0.1) is 11.6 Å². The molecule has 30 heavy (non-hydrogen) atoms. The maximum absolute atomic E-state index is 13.4. The molecule has 1 aliphatic heterocycles. The lowest BCUT2D eigenvalue weighted by molar-refractivity contribution is 0.0533. The van der Waals surface area contributed by atoms with Gasteiger partial charge in [-0.05, 0) is 44.2 Å². The minimum atomic E-state index is -3.64. The van der Waals surface area contributed by atoms with Crippen molar-refractivity contribution in [1.82, 2.24) is 9.80 Å². The summed E-state index contributed by atoms with van der Waals surface area (Å²) in [6.45, 7) is 3.90. The van der Waals surface area contributed by atoms with E-state index in [0.29, 0.717) is 0 Å². The third-order valence-corrected chi connectivity index (χ3v) is 7.28. The summed E-state index contributed by atoms with van der Waals surface area (Å²) in [5.74, 6) is -3.01. The number of carbonyl (C=O) groups excluding carboxylic acids is 2. The minimum Gasteiger partial charge on any atom is -0.335 e. The maximum Gasteiger partial charge on any atom is 0.255 e. The molecular weight excluding hydrogens is 414 g/mol. The molecule has 0 aromatic heterocycles. The Hall–Kier alpha value is -2.81. The summed E-state index contributed by atoms with van der Waals surface area (Å²) in [6, 6.07) is 9.05. The van der Waals surface area contributed by atoms with Crippen molar-refractivity contribution >= 4 is 21.7 Å². The molecule has 2 aromatic rings. The van der Waals surface area contributed by atoms with Crippen molar-refractivity contribution in [3.05, 3.63) is 65.2 Å². The first-order chi connectivity index (χ1) is 14.1. The van der Waals surface area contributed by atoms with Crippen molar-refractivity contribution in [3.8, 4) is 0 Å². The van der Waals surface area contributed by atoms with Crippen LogP contribution in [-0.2, 0) is 9.84 Å². The quantitative estimate of drug-likeness (QED) is 0.739. The molecule has 0 aliphatic carbocycles. The van der Waals surface area contributed by atoms with Crippen molar-refractivity contribution in [2.45, 2.75) is 24.0 Å². The van der Waals surface area contributed by atoms with Gasteiger partial charge in [-0.1, -0.05) is 12.1 Å². The van der Waals surface area contributed by atoms with Gasteiger partial charge in [-0.2, -0.15) is 0 Å². The van der Waals surface area contributed by atoms with Crippen molar-refractivity contribution in [2.24, 2.45) is 0 Å². The molecule has 0 atom stereocenters. The number of rotatable bonds is 4. The van der Waals surface area contributed by atoms with Crippen molar-refractivity contribution in [2.75, 3.05) is 26.2 Å². The van der Waals surface area contributed by atoms with Crippen LogP contribution in [0.2, 0.25) is 0 Å². The van der Waals surface area contributed by atoms with E-state index in [1.807, 2.05) is 0 Å². The second-order valence-corrected chi connectivity index (χ2v) is 9.78. The van der Waals surface area contributed by atoms with Gasteiger partial charge in [0.25, 0.3) is 11.8 Å². The van der Waals surface area contributed by atoms with Crippen LogP contribution >= 0.6 is 0 Å². The monoisotopic (exact) mass is 436 g/mol. The fraction of sp³-hybridized carbons (Fsp3) is 0.333. The molecule has 9 heteroatoms. The van der Waals surface area contributed by atoms with E-state index < -0.39 is 38.5 Å². The average Bonchev–Trinajstić information content (AvgIpc) is 2.74. The molecule has 1 saturated heterocycles. The summed E-state index contributed by atoms with van der Waals surface area (Å²) in [5, 5.41) is -0.669. The average molecular weight is 436 g/mol. The third kappa shape index (κ3) is 4.21. The minimum absolute atomic E-state index is 0.00899. The van der Waals surface area contributed by atoms with Crippen molar-refractivity contribution < 1.29 is 26.8 Å². The predicted molar refractivity (Wildman–Crippen MR) is 107 cm³/mol. The molecule has 2 aromatic carbocycles. The Balaban J connectivity index is 1.74. The molecule has 1 aliphatic rings. The van der Waals surface area contributed by atoms with E-state index >= 15 is 0 Å². The fourth-order valence-corrected chi connectivity index (χ4v) is 4.48. The van der Waals surface area contributed by atoms with Crippen LogP contribution in [0.25, 0.3) is 0 Å². The first-order valence-electron chi connectivity index (χ1n) is 9.49. The maximum atomic E-state index is 13.4. The molecule has 0 N–H and O–H groups in total. The highest BCUT2D eigenvalue weighted by Gasteiger charge is 2.30. The van der Waals surface area contributed by atoms with Crippen LogP contribution in [0.3, 0.4) is 0 Å². The standard InChI is InChI=1S/C21H22F2N2O4S/c1-14(2)30(28,29)19-6-4-3-5-16(19)21(27)25-11-9-24(10-12-25)20(26)15-7-8-17(22)18(23)13-15/h3-8,13-14H,9-12H2,1-2H3. The summed E-state index contributed by atoms with van der Waals surface area (Å²) in [7, 11) is -3.64. The van der Waals surface area contributed by atoms with Crippen molar-refractivity contribution in [1.29, 1.82) is 0 Å². The Morgan fingerprint density at radius 1 is 0.867 bits per heavy atom. The summed E-state index contributed by atoms with van der Waals surface area (Å²) < 4.78 is 51.7. The lowest BCUT2D eigenvalue weighted by atomic mass is 10.1. The van der Waals surface area contributed by atoms with Crippen molar-refractivity contribution in [3.63, 3.8) is 0 Å². The Morgan fingerprint density at radius 2 is 1.43 bits per heavy atom. The summed E-state index contributed by atoms with van der Waals surface area (Å²) >= 11 is 0. The largest absolute Gasteiger partial charge is 0.335 e. The first kappa shape index (κ1) is 21.9. The van der Waals surface area contributed by atoms with E-state index in [2.05, 4.69) is 0 Å². The Bertz CT molecular complexity index is 1080. The summed E-state index contributed by atoms with van der Waals surface area (Å²) in [5.41, 5.74) is 0.133. The molecule has 3 rings (SSSR count). The second kappa shape index (κ2) is 8.51. The molecule has 0 unspecified atom stereocenters. The zero-order valence-electron chi connectivity index (χ0n) is 16.6. The Morgan fingerprint density at radius 3 is 2.00 bits per heavy atom. The van der Waals surface area contributed by atoms with E-state index in [1.165, 1.54) is 28.0 Å². The fourth-order valence-electron chi connectivity index (χ4n) is 3.24. The lowest BCUT2D eigenvalue weighted by Crippen LogP contribution is -2.50. The number of nitrogens with zero attached hydrogens (tertiary/aromatic N) is 2. The molecule has 1 fully saturated rings. The highest BCUT2D eigenvalue weighted by molar-refractivity contribution is 7.92. The number of amides is 2. The van der Waals surface area contributed by atoms with Crippen LogP contribution < -0.4 is 0 Å². The molecule has 0 bridgehead atoms. The van der Waals surface area contributed by atoms with Gasteiger partial charge in [0, 0.05) is 31.7 Å². The molecular formula is C21H22F2N2O4S. The van der Waals surface area contributed by atoms with Crippen LogP contribution in [0.5, 0.6) is 0 Å². The number of carbonyl (C=O) groups is 2. The Kier molecular flexibility index (Phi) is 6.21. The number of hydrogen-bond acceptors (Lipinski definition) is 4. The summed E-state index contributed by atoms with van der Waals surface area (Å²) in [6.07, 6.45) is 0. The lowest BCUT2D eigenvalue weighted by Gasteiger charge is -2.35. The Labute approximate surface area is 174 Å². The van der Waals surface area contributed by atoms with E-state index in [-0.39, 0.29) is 42.2 Å². The van der Waals surface area contributed by atoms with Gasteiger partial charge in [-0.3, -0.25) is 9.59 Å². The van der Waals surface area contributed by atoms with Gasteiger partial charge in [-0.25, -0.2) is 17.2 Å². The van der Waals surface area contributed by atoms with E-state index in [1.54, 1.807) is 26.0 Å². The summed E-state index contributed by atoms with van der Waals surface area (Å²) in [4.78, 5) is 28.4. The highest BCUT2D eigenvalue weighted by atomic mass is 32.2. The number of piperazine rings is 1.